The second-order valence-electron chi connectivity index (χ2n) is 5.53. The molecule has 0 radical (unpaired) electrons. The van der Waals surface area contributed by atoms with E-state index in [4.69, 9.17) is 14.6 Å². The van der Waals surface area contributed by atoms with E-state index in [1.165, 1.54) is 13.0 Å². The van der Waals surface area contributed by atoms with E-state index in [1.807, 2.05) is 0 Å². The average Bonchev–Trinajstić information content (AvgIpc) is 2.46. The molecular weight excluding hydrogens is 349 g/mol. The van der Waals surface area contributed by atoms with Gasteiger partial charge in [-0.05, 0) is 19.9 Å². The van der Waals surface area contributed by atoms with Crippen LogP contribution in [-0.2, 0) is 19.1 Å². The summed E-state index contributed by atoms with van der Waals surface area (Å²) in [5.41, 5.74) is 0. The van der Waals surface area contributed by atoms with Crippen LogP contribution in [0.15, 0.2) is 12.2 Å². The van der Waals surface area contributed by atoms with E-state index in [9.17, 15) is 24.9 Å². The summed E-state index contributed by atoms with van der Waals surface area (Å²) in [6, 6.07) is -0.924. The van der Waals surface area contributed by atoms with Crippen LogP contribution in [0.4, 0.5) is 0 Å². The minimum absolute atomic E-state index is 0. The van der Waals surface area contributed by atoms with Crippen molar-refractivity contribution in [2.24, 2.45) is 0 Å². The standard InChI is InChI=1S/C14H23NO8.K/c1-7(2)22-14(13(20)21)5-4-9(15-8(3)17)12(23-14)11(19)10(18)6-16;/h4-5,7,9-12,16,18-19H,6H2,1-3H3,(H,15,17)(H,20,21);/q;+1/p-1/t9-,10-,11-,12-,14+;/m1./s1. The van der Waals surface area contributed by atoms with E-state index in [1.54, 1.807) is 13.8 Å². The molecule has 0 saturated carbocycles. The van der Waals surface area contributed by atoms with Crippen molar-refractivity contribution in [1.29, 1.82) is 0 Å². The molecule has 132 valence electrons. The third kappa shape index (κ3) is 6.13. The van der Waals surface area contributed by atoms with Crippen molar-refractivity contribution in [3.63, 3.8) is 0 Å². The maximum atomic E-state index is 11.5. The molecule has 0 spiro atoms. The molecule has 24 heavy (non-hydrogen) atoms. The molecule has 0 aliphatic carbocycles. The number of aliphatic hydroxyl groups is 3. The van der Waals surface area contributed by atoms with Gasteiger partial charge < -0.3 is 40.0 Å². The Balaban J connectivity index is 0.00000529. The number of hydrogen-bond acceptors (Lipinski definition) is 8. The van der Waals surface area contributed by atoms with Crippen LogP contribution >= 0.6 is 0 Å². The number of rotatable bonds is 7. The zero-order valence-electron chi connectivity index (χ0n) is 14.1. The fraction of sp³-hybridized carbons (Fsp3) is 0.714. The molecule has 1 amide bonds. The molecule has 1 aliphatic heterocycles. The Labute approximate surface area is 182 Å². The van der Waals surface area contributed by atoms with Crippen molar-refractivity contribution >= 4 is 11.9 Å². The molecule has 10 heteroatoms. The van der Waals surface area contributed by atoms with Gasteiger partial charge in [0.25, 0.3) is 0 Å². The molecule has 4 N–H and O–H groups in total. The Bertz CT molecular complexity index is 472. The molecule has 0 bridgehead atoms. The fourth-order valence-corrected chi connectivity index (χ4v) is 2.21. The normalized spacial score (nSPS) is 28.8. The topological polar surface area (TPSA) is 148 Å². The van der Waals surface area contributed by atoms with E-state index in [-0.39, 0.29) is 51.4 Å². The number of hydrogen-bond donors (Lipinski definition) is 4. The van der Waals surface area contributed by atoms with Gasteiger partial charge in [0.2, 0.25) is 11.7 Å². The summed E-state index contributed by atoms with van der Waals surface area (Å²) in [7, 11) is 0. The van der Waals surface area contributed by atoms with Crippen molar-refractivity contribution in [2.45, 2.75) is 57.0 Å². The van der Waals surface area contributed by atoms with Crippen LogP contribution in [0.1, 0.15) is 20.8 Å². The van der Waals surface area contributed by atoms with E-state index in [0.29, 0.717) is 0 Å². The van der Waals surface area contributed by atoms with Gasteiger partial charge in [-0.15, -0.1) is 0 Å². The molecule has 0 unspecified atom stereocenters. The Kier molecular flexibility index (Phi) is 10.4. The van der Waals surface area contributed by atoms with Crippen LogP contribution < -0.4 is 61.8 Å². The number of carboxylic acids is 1. The maximum absolute atomic E-state index is 11.5. The number of carboxylic acid groups (broad SMARTS) is 1. The molecule has 0 aromatic carbocycles. The van der Waals surface area contributed by atoms with Crippen molar-refractivity contribution in [1.82, 2.24) is 5.32 Å². The van der Waals surface area contributed by atoms with Crippen molar-refractivity contribution in [3.8, 4) is 0 Å². The van der Waals surface area contributed by atoms with Crippen LogP contribution in [0.5, 0.6) is 0 Å². The summed E-state index contributed by atoms with van der Waals surface area (Å²) < 4.78 is 10.6. The van der Waals surface area contributed by atoms with E-state index < -0.39 is 54.7 Å². The van der Waals surface area contributed by atoms with Gasteiger partial charge in [0.15, 0.2) is 0 Å². The molecule has 0 fully saturated rings. The Hall–Kier alpha value is 0.116. The summed E-state index contributed by atoms with van der Waals surface area (Å²) in [6.07, 6.45) is -2.84. The minimum Gasteiger partial charge on any atom is -0.544 e. The van der Waals surface area contributed by atoms with Crippen LogP contribution in [0.25, 0.3) is 0 Å². The van der Waals surface area contributed by atoms with Crippen LogP contribution in [0.2, 0.25) is 0 Å². The molecule has 5 atom stereocenters. The van der Waals surface area contributed by atoms with Gasteiger partial charge in [0, 0.05) is 6.92 Å². The monoisotopic (exact) mass is 371 g/mol. The zero-order chi connectivity index (χ0) is 17.8. The van der Waals surface area contributed by atoms with Gasteiger partial charge in [-0.2, -0.15) is 0 Å². The first-order valence-electron chi connectivity index (χ1n) is 7.13. The largest absolute Gasteiger partial charge is 1.00 e. The fourth-order valence-electron chi connectivity index (χ4n) is 2.21. The smallest absolute Gasteiger partial charge is 0.544 e. The summed E-state index contributed by atoms with van der Waals surface area (Å²) in [5.74, 6) is -4.42. The van der Waals surface area contributed by atoms with Gasteiger partial charge in [0.05, 0.1) is 18.8 Å². The summed E-state index contributed by atoms with van der Waals surface area (Å²) >= 11 is 0. The second kappa shape index (κ2) is 10.3. The molecule has 1 aliphatic rings. The quantitative estimate of drug-likeness (QED) is 0.255. The summed E-state index contributed by atoms with van der Waals surface area (Å²) in [4.78, 5) is 22.7. The van der Waals surface area contributed by atoms with Crippen molar-refractivity contribution in [3.05, 3.63) is 12.2 Å². The second-order valence-corrected chi connectivity index (χ2v) is 5.53. The first-order chi connectivity index (χ1) is 10.6. The summed E-state index contributed by atoms with van der Waals surface area (Å²) in [5, 5.41) is 42.5. The number of amides is 1. The number of aliphatic hydroxyl groups excluding tert-OH is 3. The first kappa shape index (κ1) is 24.1. The molecule has 0 aromatic rings. The average molecular weight is 371 g/mol. The predicted molar refractivity (Wildman–Crippen MR) is 74.7 cm³/mol. The van der Waals surface area contributed by atoms with Crippen LogP contribution in [0.3, 0.4) is 0 Å². The van der Waals surface area contributed by atoms with Crippen LogP contribution in [-0.4, -0.2) is 70.0 Å². The molecule has 0 aromatic heterocycles. The number of carbonyl (C=O) groups is 2. The van der Waals surface area contributed by atoms with Gasteiger partial charge in [-0.25, -0.2) is 0 Å². The molecule has 1 heterocycles. The SMILES string of the molecule is CC(=O)N[C@@H]1C=C[C@@](OC(C)C)(C(=O)[O-])O[C@H]1[C@H](O)[C@H](O)CO.[K+]. The van der Waals surface area contributed by atoms with Crippen molar-refractivity contribution < 1.29 is 90.9 Å². The third-order valence-corrected chi connectivity index (χ3v) is 3.17. The third-order valence-electron chi connectivity index (χ3n) is 3.17. The van der Waals surface area contributed by atoms with E-state index in [2.05, 4.69) is 5.32 Å². The Morgan fingerprint density at radius 1 is 1.42 bits per heavy atom. The Morgan fingerprint density at radius 3 is 2.42 bits per heavy atom. The van der Waals surface area contributed by atoms with Crippen LogP contribution in [0, 0.1) is 0 Å². The maximum Gasteiger partial charge on any atom is 1.00 e. The predicted octanol–water partition coefficient (Wildman–Crippen LogP) is -5.96. The van der Waals surface area contributed by atoms with E-state index >= 15 is 0 Å². The minimum atomic E-state index is -2.27. The number of carbonyl (C=O) groups excluding carboxylic acids is 2. The number of aliphatic carboxylic acids is 1. The van der Waals surface area contributed by atoms with Gasteiger partial charge in [0.1, 0.15) is 24.3 Å². The van der Waals surface area contributed by atoms with E-state index in [0.717, 1.165) is 6.08 Å². The molecular formula is C14H22KNO8. The first-order valence-corrected chi connectivity index (χ1v) is 7.13. The van der Waals surface area contributed by atoms with Crippen molar-refractivity contribution in [2.75, 3.05) is 6.61 Å². The summed E-state index contributed by atoms with van der Waals surface area (Å²) in [6.45, 7) is 3.61. The Morgan fingerprint density at radius 2 is 2.00 bits per heavy atom. The molecule has 0 saturated heterocycles. The number of nitrogens with one attached hydrogen (secondary N) is 1. The zero-order valence-corrected chi connectivity index (χ0v) is 17.3. The molecule has 9 nitrogen and oxygen atoms in total. The number of ether oxygens (including phenoxy) is 2. The van der Waals surface area contributed by atoms with Gasteiger partial charge >= 0.3 is 51.4 Å². The molecule has 1 rings (SSSR count). The van der Waals surface area contributed by atoms with Gasteiger partial charge in [-0.3, -0.25) is 4.79 Å². The van der Waals surface area contributed by atoms with Gasteiger partial charge in [-0.1, -0.05) is 6.08 Å².